The summed E-state index contributed by atoms with van der Waals surface area (Å²) in [5.74, 6) is -2.90. The number of benzene rings is 2. The smallest absolute Gasteiger partial charge is 0.414 e. The zero-order valence-corrected chi connectivity index (χ0v) is 20.0. The van der Waals surface area contributed by atoms with Crippen LogP contribution in [0.25, 0.3) is 0 Å². The van der Waals surface area contributed by atoms with Crippen LogP contribution >= 0.6 is 43.6 Å². The van der Waals surface area contributed by atoms with Gasteiger partial charge in [-0.2, -0.15) is 4.52 Å². The molecule has 1 heterocycles. The van der Waals surface area contributed by atoms with Crippen LogP contribution < -0.4 is 20.1 Å². The summed E-state index contributed by atoms with van der Waals surface area (Å²) in [5.41, 5.74) is 13.0. The van der Waals surface area contributed by atoms with Gasteiger partial charge < -0.3 is 9.05 Å². The van der Waals surface area contributed by atoms with Crippen molar-refractivity contribution in [3.63, 3.8) is 0 Å². The highest BCUT2D eigenvalue weighted by Crippen LogP contribution is 2.78. The Labute approximate surface area is 183 Å². The van der Waals surface area contributed by atoms with Crippen molar-refractivity contribution in [2.24, 2.45) is 24.6 Å². The SMILES string of the molecule is CC(=O)c1ccc(OP2(Oc3ccc(C(C)=O)cc3)=NP(N)(N)=NP(Cl)(Cl)=N2)cc1. The number of nitrogens with two attached hydrogens (primary N) is 2. The van der Waals surface area contributed by atoms with E-state index in [1.807, 2.05) is 0 Å². The van der Waals surface area contributed by atoms with E-state index in [1.165, 1.54) is 13.8 Å². The molecule has 0 aromatic heterocycles. The number of halogens is 2. The van der Waals surface area contributed by atoms with Crippen LogP contribution in [-0.2, 0) is 0 Å². The second kappa shape index (κ2) is 8.60. The average Bonchev–Trinajstić information content (AvgIpc) is 2.59. The van der Waals surface area contributed by atoms with Gasteiger partial charge in [0.05, 0.1) is 0 Å². The van der Waals surface area contributed by atoms with Crippen LogP contribution in [0, 0.1) is 0 Å². The molecule has 0 amide bonds. The van der Waals surface area contributed by atoms with Crippen LogP contribution in [0.5, 0.6) is 11.5 Å². The van der Waals surface area contributed by atoms with Crippen molar-refractivity contribution < 1.29 is 18.6 Å². The predicted octanol–water partition coefficient (Wildman–Crippen LogP) is 6.80. The maximum absolute atomic E-state index is 11.5. The van der Waals surface area contributed by atoms with Gasteiger partial charge in [0.15, 0.2) is 11.6 Å². The third kappa shape index (κ3) is 5.83. The van der Waals surface area contributed by atoms with E-state index < -0.39 is 21.1 Å². The molecule has 0 fully saturated rings. The molecule has 2 aromatic rings. The van der Waals surface area contributed by atoms with E-state index >= 15 is 0 Å². The lowest BCUT2D eigenvalue weighted by Crippen LogP contribution is -2.08. The summed E-state index contributed by atoms with van der Waals surface area (Å²) in [6.45, 7) is 2.90. The second-order valence-corrected chi connectivity index (χ2v) is 15.4. The fourth-order valence-electron chi connectivity index (χ4n) is 2.41. The second-order valence-electron chi connectivity index (χ2n) is 6.26. The quantitative estimate of drug-likeness (QED) is 0.325. The molecule has 0 saturated heterocycles. The molecule has 30 heavy (non-hydrogen) atoms. The highest BCUT2D eigenvalue weighted by atomic mass is 35.9. The van der Waals surface area contributed by atoms with Crippen molar-refractivity contribution in [3.8, 4) is 11.5 Å². The minimum Gasteiger partial charge on any atom is -0.414 e. The first-order chi connectivity index (χ1) is 13.9. The molecule has 1 aliphatic rings. The molecule has 4 N–H and O–H groups in total. The Morgan fingerprint density at radius 1 is 0.767 bits per heavy atom. The van der Waals surface area contributed by atoms with Crippen LogP contribution in [-0.4, -0.2) is 11.6 Å². The topological polar surface area (TPSA) is 142 Å². The molecular formula is C16H18Cl2N5O4P3. The molecule has 160 valence electrons. The lowest BCUT2D eigenvalue weighted by Gasteiger charge is -2.27. The zero-order chi connectivity index (χ0) is 22.2. The summed E-state index contributed by atoms with van der Waals surface area (Å²) >= 11 is 12.5. The maximum atomic E-state index is 11.5. The molecule has 0 spiro atoms. The minimum absolute atomic E-state index is 0.0981. The molecule has 0 atom stereocenters. The molecule has 0 bridgehead atoms. The Kier molecular flexibility index (Phi) is 6.66. The van der Waals surface area contributed by atoms with Crippen LogP contribution in [0.2, 0.25) is 0 Å². The van der Waals surface area contributed by atoms with E-state index in [4.69, 9.17) is 42.5 Å². The number of carbonyl (C=O) groups is 2. The third-order valence-corrected chi connectivity index (χ3v) is 12.9. The minimum atomic E-state index is -3.58. The van der Waals surface area contributed by atoms with Crippen LogP contribution in [0.15, 0.2) is 62.1 Å². The first-order valence-corrected chi connectivity index (χ1v) is 15.2. The molecule has 2 aromatic carbocycles. The van der Waals surface area contributed by atoms with Gasteiger partial charge in [0.1, 0.15) is 11.5 Å². The molecule has 0 aliphatic carbocycles. The predicted molar refractivity (Wildman–Crippen MR) is 122 cm³/mol. The van der Waals surface area contributed by atoms with Gasteiger partial charge in [0, 0.05) is 11.1 Å². The lowest BCUT2D eigenvalue weighted by molar-refractivity contribution is 0.100. The number of hydrogen-bond acceptors (Lipinski definition) is 9. The Morgan fingerprint density at radius 3 is 1.50 bits per heavy atom. The number of ketones is 2. The number of nitrogens with zero attached hydrogens (tertiary/aromatic N) is 3. The maximum Gasteiger partial charge on any atom is 0.453 e. The van der Waals surface area contributed by atoms with Gasteiger partial charge in [-0.25, -0.2) is 0 Å². The normalized spacial score (nSPS) is 18.2. The highest BCUT2D eigenvalue weighted by molar-refractivity contribution is 8.13. The Morgan fingerprint density at radius 2 is 1.17 bits per heavy atom. The van der Waals surface area contributed by atoms with Gasteiger partial charge in [-0.3, -0.25) is 20.6 Å². The molecule has 14 heteroatoms. The van der Waals surface area contributed by atoms with Crippen LogP contribution in [0.4, 0.5) is 0 Å². The number of hydrogen-bond donors (Lipinski definition) is 2. The van der Waals surface area contributed by atoms with Crippen molar-refractivity contribution in [2.75, 3.05) is 0 Å². The van der Waals surface area contributed by atoms with Crippen molar-refractivity contribution in [1.82, 2.24) is 0 Å². The van der Waals surface area contributed by atoms with Gasteiger partial charge in [-0.1, -0.05) is 0 Å². The summed E-state index contributed by atoms with van der Waals surface area (Å²) in [4.78, 5) is 23.0. The van der Waals surface area contributed by atoms with E-state index in [0.29, 0.717) is 22.6 Å². The number of rotatable bonds is 6. The molecule has 1 aliphatic heterocycles. The molecule has 0 unspecified atom stereocenters. The average molecular weight is 508 g/mol. The van der Waals surface area contributed by atoms with E-state index in [0.717, 1.165) is 0 Å². The monoisotopic (exact) mass is 507 g/mol. The summed E-state index contributed by atoms with van der Waals surface area (Å²) < 4.78 is 24.4. The number of Topliss-reactive ketones (excluding diaryl/α,β-unsaturated/α-hetero) is 2. The molecule has 9 nitrogen and oxygen atoms in total. The van der Waals surface area contributed by atoms with Gasteiger partial charge in [0.2, 0.25) is 7.51 Å². The summed E-state index contributed by atoms with van der Waals surface area (Å²) in [7, 11) is -6.85. The largest absolute Gasteiger partial charge is 0.453 e. The van der Waals surface area contributed by atoms with Crippen molar-refractivity contribution in [1.29, 1.82) is 0 Å². The number of carbonyl (C=O) groups excluding carboxylic acids is 2. The lowest BCUT2D eigenvalue weighted by atomic mass is 10.1. The first-order valence-electron chi connectivity index (χ1n) is 8.38. The third-order valence-electron chi connectivity index (χ3n) is 3.70. The fraction of sp³-hybridized carbons (Fsp3) is 0.125. The molecule has 3 rings (SSSR count). The Balaban J connectivity index is 2.07. The Hall–Kier alpha value is -1.43. The van der Waals surface area contributed by atoms with Gasteiger partial charge >= 0.3 is 7.66 Å². The van der Waals surface area contributed by atoms with E-state index in [9.17, 15) is 9.59 Å². The highest BCUT2D eigenvalue weighted by Gasteiger charge is 2.37. The van der Waals surface area contributed by atoms with E-state index in [2.05, 4.69) is 13.5 Å². The van der Waals surface area contributed by atoms with Crippen molar-refractivity contribution in [3.05, 3.63) is 59.7 Å². The van der Waals surface area contributed by atoms with E-state index in [-0.39, 0.29) is 11.6 Å². The first kappa shape index (κ1) is 23.2. The molecular weight excluding hydrogens is 490 g/mol. The summed E-state index contributed by atoms with van der Waals surface area (Å²) in [6.07, 6.45) is 0. The van der Waals surface area contributed by atoms with Gasteiger partial charge in [-0.15, -0.1) is 9.03 Å². The van der Waals surface area contributed by atoms with Crippen molar-refractivity contribution in [2.45, 2.75) is 13.8 Å². The van der Waals surface area contributed by atoms with Gasteiger partial charge in [-0.05, 0) is 84.9 Å². The molecule has 0 radical (unpaired) electrons. The standard InChI is InChI=1S/C16H18Cl2N5O4P3/c1-11(24)13-3-7-15(8-4-13)26-30(22-28(17,18)21-29(19,20)23-30)27-16-9-5-14(6-10-16)12(2)25/h3-10H,19-20H2,1-2H3. The Bertz CT molecular complexity index is 1100. The van der Waals surface area contributed by atoms with Crippen LogP contribution in [0.3, 0.4) is 0 Å². The van der Waals surface area contributed by atoms with Gasteiger partial charge in [0.25, 0.3) is 5.91 Å². The fourth-order valence-corrected chi connectivity index (χ4v) is 12.6. The summed E-state index contributed by atoms with van der Waals surface area (Å²) in [5, 5.41) is 0. The summed E-state index contributed by atoms with van der Waals surface area (Å²) in [6, 6.07) is 12.6. The van der Waals surface area contributed by atoms with Crippen molar-refractivity contribution >= 4 is 55.1 Å². The zero-order valence-electron chi connectivity index (χ0n) is 15.8. The van der Waals surface area contributed by atoms with Crippen LogP contribution in [0.1, 0.15) is 34.6 Å². The molecule has 0 saturated carbocycles. The van der Waals surface area contributed by atoms with E-state index in [1.54, 1.807) is 48.5 Å².